The van der Waals surface area contributed by atoms with Gasteiger partial charge in [-0.25, -0.2) is 0 Å². The third kappa shape index (κ3) is 1.73. The number of benzene rings is 2. The average molecular weight is 331 g/mol. The Balaban J connectivity index is 2.15. The fourth-order valence-corrected chi connectivity index (χ4v) is 4.04. The molecule has 0 saturated heterocycles. The number of esters is 1. The van der Waals surface area contributed by atoms with Crippen molar-refractivity contribution in [2.45, 2.75) is 16.2 Å². The van der Waals surface area contributed by atoms with E-state index in [1.165, 1.54) is 7.11 Å². The summed E-state index contributed by atoms with van der Waals surface area (Å²) in [6, 6.07) is 20.3. The van der Waals surface area contributed by atoms with Gasteiger partial charge in [-0.2, -0.15) is 0 Å². The second-order valence-corrected chi connectivity index (χ2v) is 6.46. The van der Waals surface area contributed by atoms with E-state index < -0.39 is 4.32 Å². The highest BCUT2D eigenvalue weighted by atomic mass is 79.9. The third-order valence-corrected chi connectivity index (χ3v) is 5.38. The first-order valence-corrected chi connectivity index (χ1v) is 7.33. The maximum absolute atomic E-state index is 12.2. The Labute approximate surface area is 126 Å². The molecule has 0 aliphatic heterocycles. The molecular formula is C17H15BrO2. The number of carbonyl (C=O) groups excluding carboxylic acids is 1. The molecule has 0 spiro atoms. The van der Waals surface area contributed by atoms with Crippen LogP contribution in [-0.2, 0) is 14.9 Å². The highest BCUT2D eigenvalue weighted by Crippen LogP contribution is 2.67. The maximum atomic E-state index is 12.2. The summed E-state index contributed by atoms with van der Waals surface area (Å²) in [5, 5.41) is 0. The fraction of sp³-hybridized carbons (Fsp3) is 0.235. The van der Waals surface area contributed by atoms with Gasteiger partial charge >= 0.3 is 5.97 Å². The standard InChI is InChI=1S/C17H15BrO2/c1-20-15(19)17(18)12-16(17,13-8-4-2-5-9-13)14-10-6-3-7-11-14/h2-11H,12H2,1H3. The Morgan fingerprint density at radius 1 is 1.00 bits per heavy atom. The molecule has 1 aliphatic rings. The van der Waals surface area contributed by atoms with Crippen LogP contribution in [0.15, 0.2) is 60.7 Å². The molecule has 1 unspecified atom stereocenters. The Morgan fingerprint density at radius 3 is 1.85 bits per heavy atom. The van der Waals surface area contributed by atoms with Gasteiger partial charge < -0.3 is 4.74 Å². The van der Waals surface area contributed by atoms with Gasteiger partial charge in [-0.1, -0.05) is 76.6 Å². The first-order chi connectivity index (χ1) is 9.65. The lowest BCUT2D eigenvalue weighted by Crippen LogP contribution is -2.29. The van der Waals surface area contributed by atoms with Crippen molar-refractivity contribution in [3.05, 3.63) is 71.8 Å². The van der Waals surface area contributed by atoms with Gasteiger partial charge in [-0.15, -0.1) is 0 Å². The van der Waals surface area contributed by atoms with Crippen LogP contribution in [0.2, 0.25) is 0 Å². The zero-order valence-corrected chi connectivity index (χ0v) is 12.8. The summed E-state index contributed by atoms with van der Waals surface area (Å²) in [7, 11) is 1.43. The predicted molar refractivity (Wildman–Crippen MR) is 82.0 cm³/mol. The van der Waals surface area contributed by atoms with E-state index in [0.717, 1.165) is 11.1 Å². The van der Waals surface area contributed by atoms with Gasteiger partial charge in [-0.3, -0.25) is 4.79 Å². The summed E-state index contributed by atoms with van der Waals surface area (Å²) in [6.07, 6.45) is 0.709. The van der Waals surface area contributed by atoms with E-state index in [1.807, 2.05) is 36.4 Å². The third-order valence-electron chi connectivity index (χ3n) is 4.10. The summed E-state index contributed by atoms with van der Waals surface area (Å²) in [4.78, 5) is 12.2. The van der Waals surface area contributed by atoms with Gasteiger partial charge in [0.15, 0.2) is 0 Å². The van der Waals surface area contributed by atoms with E-state index in [0.29, 0.717) is 6.42 Å². The molecule has 0 N–H and O–H groups in total. The van der Waals surface area contributed by atoms with Crippen LogP contribution in [0.25, 0.3) is 0 Å². The van der Waals surface area contributed by atoms with Crippen molar-refractivity contribution in [1.29, 1.82) is 0 Å². The van der Waals surface area contributed by atoms with Crippen LogP contribution in [0.1, 0.15) is 17.5 Å². The molecule has 2 aromatic carbocycles. The zero-order chi connectivity index (χ0) is 14.2. The summed E-state index contributed by atoms with van der Waals surface area (Å²) >= 11 is 3.64. The second kappa shape index (κ2) is 4.74. The molecule has 102 valence electrons. The Morgan fingerprint density at radius 2 is 1.45 bits per heavy atom. The van der Waals surface area contributed by atoms with E-state index in [-0.39, 0.29) is 11.4 Å². The number of hydrogen-bond acceptors (Lipinski definition) is 2. The lowest BCUT2D eigenvalue weighted by Gasteiger charge is -2.21. The largest absolute Gasteiger partial charge is 0.468 e. The van der Waals surface area contributed by atoms with Crippen LogP contribution in [0, 0.1) is 0 Å². The van der Waals surface area contributed by atoms with E-state index in [2.05, 4.69) is 40.2 Å². The van der Waals surface area contributed by atoms with E-state index in [9.17, 15) is 4.79 Å². The molecule has 1 saturated carbocycles. The highest BCUT2D eigenvalue weighted by molar-refractivity contribution is 9.10. The van der Waals surface area contributed by atoms with Crippen molar-refractivity contribution in [2.24, 2.45) is 0 Å². The van der Waals surface area contributed by atoms with Crippen LogP contribution in [0.3, 0.4) is 0 Å². The van der Waals surface area contributed by atoms with Crippen LogP contribution >= 0.6 is 15.9 Å². The Kier molecular flexibility index (Phi) is 3.17. The van der Waals surface area contributed by atoms with Gasteiger partial charge in [0.1, 0.15) is 4.32 Å². The van der Waals surface area contributed by atoms with Crippen LogP contribution < -0.4 is 0 Å². The molecule has 0 bridgehead atoms. The number of halogens is 1. The van der Waals surface area contributed by atoms with Crippen molar-refractivity contribution in [3.63, 3.8) is 0 Å². The number of carbonyl (C=O) groups is 1. The molecule has 3 heteroatoms. The SMILES string of the molecule is COC(=O)C1(Br)CC1(c1ccccc1)c1ccccc1. The summed E-state index contributed by atoms with van der Waals surface area (Å²) in [6.45, 7) is 0. The molecule has 20 heavy (non-hydrogen) atoms. The topological polar surface area (TPSA) is 26.3 Å². The normalized spacial score (nSPS) is 23.1. The number of alkyl halides is 1. The highest BCUT2D eigenvalue weighted by Gasteiger charge is 2.73. The number of hydrogen-bond donors (Lipinski definition) is 0. The van der Waals surface area contributed by atoms with Gasteiger partial charge in [0.05, 0.1) is 7.11 Å². The van der Waals surface area contributed by atoms with Crippen LogP contribution in [0.4, 0.5) is 0 Å². The minimum Gasteiger partial charge on any atom is -0.468 e. The van der Waals surface area contributed by atoms with E-state index in [1.54, 1.807) is 0 Å². The van der Waals surface area contributed by atoms with Crippen molar-refractivity contribution < 1.29 is 9.53 Å². The summed E-state index contributed by atoms with van der Waals surface area (Å²) in [5.74, 6) is -0.217. The van der Waals surface area contributed by atoms with Crippen molar-refractivity contribution in [3.8, 4) is 0 Å². The van der Waals surface area contributed by atoms with Gasteiger partial charge in [0.25, 0.3) is 0 Å². The lowest BCUT2D eigenvalue weighted by atomic mass is 9.85. The van der Waals surface area contributed by atoms with Crippen molar-refractivity contribution in [1.82, 2.24) is 0 Å². The average Bonchev–Trinajstić information content (AvgIpc) is 3.17. The summed E-state index contributed by atoms with van der Waals surface area (Å²) in [5.41, 5.74) is 1.92. The molecular weight excluding hydrogens is 316 g/mol. The smallest absolute Gasteiger partial charge is 0.323 e. The molecule has 1 aliphatic carbocycles. The fourth-order valence-electron chi connectivity index (χ4n) is 3.00. The molecule has 0 heterocycles. The van der Waals surface area contributed by atoms with Gasteiger partial charge in [-0.05, 0) is 17.5 Å². The summed E-state index contributed by atoms with van der Waals surface area (Å²) < 4.78 is 4.32. The Bertz CT molecular complexity index is 584. The van der Waals surface area contributed by atoms with Gasteiger partial charge in [0, 0.05) is 5.41 Å². The zero-order valence-electron chi connectivity index (χ0n) is 11.2. The molecule has 2 aromatic rings. The molecule has 0 radical (unpaired) electrons. The minimum atomic E-state index is -0.669. The first-order valence-electron chi connectivity index (χ1n) is 6.53. The molecule has 1 fully saturated rings. The molecule has 2 nitrogen and oxygen atoms in total. The number of rotatable bonds is 3. The monoisotopic (exact) mass is 330 g/mol. The second-order valence-electron chi connectivity index (χ2n) is 5.11. The quantitative estimate of drug-likeness (QED) is 0.633. The van der Waals surface area contributed by atoms with Crippen molar-refractivity contribution in [2.75, 3.05) is 7.11 Å². The molecule has 1 atom stereocenters. The van der Waals surface area contributed by atoms with Crippen LogP contribution in [0.5, 0.6) is 0 Å². The predicted octanol–water partition coefficient (Wildman–Crippen LogP) is 3.68. The van der Waals surface area contributed by atoms with Crippen LogP contribution in [-0.4, -0.2) is 17.4 Å². The Hall–Kier alpha value is -1.61. The van der Waals surface area contributed by atoms with Gasteiger partial charge in [0.2, 0.25) is 0 Å². The maximum Gasteiger partial charge on any atom is 0.323 e. The first kappa shape index (κ1) is 13.4. The van der Waals surface area contributed by atoms with Crippen molar-refractivity contribution >= 4 is 21.9 Å². The van der Waals surface area contributed by atoms with E-state index >= 15 is 0 Å². The number of methoxy groups -OCH3 is 1. The molecule has 0 aromatic heterocycles. The minimum absolute atomic E-state index is 0.217. The molecule has 3 rings (SSSR count). The lowest BCUT2D eigenvalue weighted by molar-refractivity contribution is -0.140. The van der Waals surface area contributed by atoms with E-state index in [4.69, 9.17) is 4.74 Å². The number of ether oxygens (including phenoxy) is 1. The molecule has 0 amide bonds.